The molecule has 0 aliphatic rings. The zero-order valence-corrected chi connectivity index (χ0v) is 12.2. The molecular formula is C17H17N3O. The molecule has 0 unspecified atom stereocenters. The minimum Gasteiger partial charge on any atom is -0.289 e. The Labute approximate surface area is 122 Å². The standard InChI is InChI=1S/C17H17N3O/c1-4-8-14-12(3)18-16-11(2)15(19-20(16)17(14)21)13-9-6-5-7-10-13/h4-7,9-10,19H,1,8H2,2-3H3. The third-order valence-electron chi connectivity index (χ3n) is 3.73. The summed E-state index contributed by atoms with van der Waals surface area (Å²) in [6.07, 6.45) is 2.26. The van der Waals surface area contributed by atoms with Crippen molar-refractivity contribution < 1.29 is 0 Å². The molecule has 3 rings (SSSR count). The Hall–Kier alpha value is -2.62. The van der Waals surface area contributed by atoms with E-state index in [4.69, 9.17) is 0 Å². The fourth-order valence-corrected chi connectivity index (χ4v) is 2.59. The fourth-order valence-electron chi connectivity index (χ4n) is 2.59. The number of aromatic amines is 1. The van der Waals surface area contributed by atoms with E-state index in [2.05, 4.69) is 16.7 Å². The van der Waals surface area contributed by atoms with Crippen LogP contribution < -0.4 is 5.56 Å². The maximum Gasteiger partial charge on any atom is 0.276 e. The maximum atomic E-state index is 12.6. The predicted octanol–water partition coefficient (Wildman–Crippen LogP) is 3.03. The van der Waals surface area contributed by atoms with Crippen molar-refractivity contribution in [3.05, 3.63) is 70.2 Å². The van der Waals surface area contributed by atoms with Gasteiger partial charge in [-0.1, -0.05) is 36.4 Å². The van der Waals surface area contributed by atoms with Crippen LogP contribution in [0.4, 0.5) is 0 Å². The van der Waals surface area contributed by atoms with Gasteiger partial charge in [-0.2, -0.15) is 0 Å². The molecule has 0 bridgehead atoms. The van der Waals surface area contributed by atoms with Gasteiger partial charge in [-0.25, -0.2) is 9.50 Å². The van der Waals surface area contributed by atoms with Gasteiger partial charge >= 0.3 is 0 Å². The van der Waals surface area contributed by atoms with E-state index in [1.54, 1.807) is 6.08 Å². The molecule has 2 aromatic heterocycles. The fraction of sp³-hybridized carbons (Fsp3) is 0.176. The van der Waals surface area contributed by atoms with E-state index in [0.717, 1.165) is 22.5 Å². The summed E-state index contributed by atoms with van der Waals surface area (Å²) in [6.45, 7) is 7.55. The highest BCUT2D eigenvalue weighted by Gasteiger charge is 2.15. The lowest BCUT2D eigenvalue weighted by Crippen LogP contribution is -2.21. The Bertz CT molecular complexity index is 872. The van der Waals surface area contributed by atoms with Gasteiger partial charge < -0.3 is 0 Å². The van der Waals surface area contributed by atoms with Crippen LogP contribution in [0.1, 0.15) is 16.8 Å². The number of H-pyrrole nitrogens is 1. The molecule has 0 aliphatic heterocycles. The number of hydrogen-bond donors (Lipinski definition) is 1. The van der Waals surface area contributed by atoms with E-state index in [1.807, 2.05) is 44.2 Å². The van der Waals surface area contributed by atoms with E-state index in [9.17, 15) is 4.79 Å². The molecule has 0 fully saturated rings. The number of aryl methyl sites for hydroxylation is 2. The molecule has 1 aromatic carbocycles. The van der Waals surface area contributed by atoms with Gasteiger partial charge in [0.15, 0.2) is 5.65 Å². The number of aromatic nitrogens is 3. The molecular weight excluding hydrogens is 262 g/mol. The maximum absolute atomic E-state index is 12.6. The monoisotopic (exact) mass is 279 g/mol. The van der Waals surface area contributed by atoms with E-state index in [0.29, 0.717) is 17.6 Å². The topological polar surface area (TPSA) is 50.2 Å². The minimum atomic E-state index is -0.0531. The molecule has 0 spiro atoms. The summed E-state index contributed by atoms with van der Waals surface area (Å²) in [4.78, 5) is 17.2. The lowest BCUT2D eigenvalue weighted by Gasteiger charge is -2.02. The summed E-state index contributed by atoms with van der Waals surface area (Å²) >= 11 is 0. The van der Waals surface area contributed by atoms with Crippen molar-refractivity contribution in [2.45, 2.75) is 20.3 Å². The molecule has 0 radical (unpaired) electrons. The van der Waals surface area contributed by atoms with Crippen molar-refractivity contribution in [2.24, 2.45) is 0 Å². The van der Waals surface area contributed by atoms with Gasteiger partial charge in [0.2, 0.25) is 0 Å². The van der Waals surface area contributed by atoms with Crippen LogP contribution in [-0.4, -0.2) is 14.6 Å². The van der Waals surface area contributed by atoms with E-state index < -0.39 is 0 Å². The summed E-state index contributed by atoms with van der Waals surface area (Å²) in [5.41, 5.74) is 5.03. The van der Waals surface area contributed by atoms with Gasteiger partial charge in [-0.3, -0.25) is 9.89 Å². The largest absolute Gasteiger partial charge is 0.289 e. The lowest BCUT2D eigenvalue weighted by molar-refractivity contribution is 0.866. The summed E-state index contributed by atoms with van der Waals surface area (Å²) in [7, 11) is 0. The molecule has 106 valence electrons. The van der Waals surface area contributed by atoms with E-state index in [1.165, 1.54) is 4.52 Å². The molecule has 0 saturated carbocycles. The second kappa shape index (κ2) is 5.05. The van der Waals surface area contributed by atoms with E-state index in [-0.39, 0.29) is 5.56 Å². The first kappa shape index (κ1) is 13.4. The van der Waals surface area contributed by atoms with Crippen LogP contribution in [0.25, 0.3) is 16.9 Å². The van der Waals surface area contributed by atoms with Crippen LogP contribution in [-0.2, 0) is 6.42 Å². The first-order valence-electron chi connectivity index (χ1n) is 6.90. The quantitative estimate of drug-likeness (QED) is 0.749. The highest BCUT2D eigenvalue weighted by molar-refractivity contribution is 5.70. The summed E-state index contributed by atoms with van der Waals surface area (Å²) in [6, 6.07) is 9.95. The molecule has 0 aliphatic carbocycles. The Balaban J connectivity index is 2.33. The van der Waals surface area contributed by atoms with Crippen molar-refractivity contribution in [3.63, 3.8) is 0 Å². The molecule has 21 heavy (non-hydrogen) atoms. The van der Waals surface area contributed by atoms with Crippen LogP contribution in [0.3, 0.4) is 0 Å². The van der Waals surface area contributed by atoms with Crippen molar-refractivity contribution in [2.75, 3.05) is 0 Å². The summed E-state index contributed by atoms with van der Waals surface area (Å²) in [5.74, 6) is 0. The van der Waals surface area contributed by atoms with Crippen LogP contribution in [0.5, 0.6) is 0 Å². The average molecular weight is 279 g/mol. The third kappa shape index (κ3) is 2.09. The van der Waals surface area contributed by atoms with Gasteiger partial charge in [0.1, 0.15) is 0 Å². The number of allylic oxidation sites excluding steroid dienone is 1. The molecule has 4 heteroatoms. The normalized spacial score (nSPS) is 11.0. The smallest absolute Gasteiger partial charge is 0.276 e. The molecule has 0 atom stereocenters. The van der Waals surface area contributed by atoms with Crippen molar-refractivity contribution >= 4 is 5.65 Å². The Morgan fingerprint density at radius 1 is 1.29 bits per heavy atom. The first-order valence-corrected chi connectivity index (χ1v) is 6.90. The Morgan fingerprint density at radius 3 is 2.67 bits per heavy atom. The van der Waals surface area contributed by atoms with Crippen molar-refractivity contribution in [1.29, 1.82) is 0 Å². The Morgan fingerprint density at radius 2 is 2.00 bits per heavy atom. The van der Waals surface area contributed by atoms with Gasteiger partial charge in [0, 0.05) is 16.8 Å². The second-order valence-electron chi connectivity index (χ2n) is 5.11. The van der Waals surface area contributed by atoms with Crippen LogP contribution in [0.15, 0.2) is 47.8 Å². The van der Waals surface area contributed by atoms with Crippen molar-refractivity contribution in [3.8, 4) is 11.3 Å². The minimum absolute atomic E-state index is 0.0531. The molecule has 0 amide bonds. The number of hydrogen-bond acceptors (Lipinski definition) is 2. The van der Waals surface area contributed by atoms with Crippen LogP contribution in [0.2, 0.25) is 0 Å². The molecule has 3 aromatic rings. The van der Waals surface area contributed by atoms with Gasteiger partial charge in [0.25, 0.3) is 5.56 Å². The van der Waals surface area contributed by atoms with Crippen LogP contribution >= 0.6 is 0 Å². The lowest BCUT2D eigenvalue weighted by atomic mass is 10.1. The molecule has 4 nitrogen and oxygen atoms in total. The predicted molar refractivity (Wildman–Crippen MR) is 84.6 cm³/mol. The number of rotatable bonds is 3. The number of nitrogens with zero attached hydrogens (tertiary/aromatic N) is 2. The zero-order chi connectivity index (χ0) is 15.0. The van der Waals surface area contributed by atoms with Gasteiger partial charge in [0.05, 0.1) is 5.69 Å². The molecule has 0 saturated heterocycles. The van der Waals surface area contributed by atoms with Crippen LogP contribution in [0, 0.1) is 13.8 Å². The number of nitrogens with one attached hydrogen (secondary N) is 1. The number of benzene rings is 1. The molecule has 1 N–H and O–H groups in total. The third-order valence-corrected chi connectivity index (χ3v) is 3.73. The highest BCUT2D eigenvalue weighted by atomic mass is 16.1. The first-order chi connectivity index (χ1) is 10.1. The van der Waals surface area contributed by atoms with Crippen molar-refractivity contribution in [1.82, 2.24) is 14.6 Å². The van der Waals surface area contributed by atoms with E-state index >= 15 is 0 Å². The second-order valence-corrected chi connectivity index (χ2v) is 5.11. The summed E-state index contributed by atoms with van der Waals surface area (Å²) in [5, 5.41) is 3.18. The Kier molecular flexibility index (Phi) is 3.22. The van der Waals surface area contributed by atoms with Gasteiger partial charge in [-0.05, 0) is 25.8 Å². The zero-order valence-electron chi connectivity index (χ0n) is 12.2. The summed E-state index contributed by atoms with van der Waals surface area (Å²) < 4.78 is 1.53. The van der Waals surface area contributed by atoms with Gasteiger partial charge in [-0.15, -0.1) is 6.58 Å². The molecule has 2 heterocycles. The highest BCUT2D eigenvalue weighted by Crippen LogP contribution is 2.23. The number of fused-ring (bicyclic) bond motifs is 1. The SMILES string of the molecule is C=CCc1c(C)nc2c(C)c(-c3ccccc3)[nH]n2c1=O. The average Bonchev–Trinajstić information content (AvgIpc) is 2.82.